The van der Waals surface area contributed by atoms with Crippen molar-refractivity contribution in [2.24, 2.45) is 0 Å². The van der Waals surface area contributed by atoms with Crippen LogP contribution < -0.4 is 10.4 Å². The van der Waals surface area contributed by atoms with Crippen LogP contribution in [0.25, 0.3) is 11.0 Å². The van der Waals surface area contributed by atoms with Crippen molar-refractivity contribution >= 4 is 11.0 Å². The second-order valence-corrected chi connectivity index (χ2v) is 4.63. The van der Waals surface area contributed by atoms with Gasteiger partial charge in [0, 0.05) is 12.3 Å². The number of hydrogen-bond acceptors (Lipinski definition) is 3. The summed E-state index contributed by atoms with van der Waals surface area (Å²) in [6.45, 7) is 0. The molecule has 2 unspecified atom stereocenters. The Kier molecular flexibility index (Phi) is 1.71. The molecule has 3 nitrogen and oxygen atoms in total. The first-order chi connectivity index (χ1) is 8.34. The van der Waals surface area contributed by atoms with E-state index in [9.17, 15) is 4.79 Å². The van der Waals surface area contributed by atoms with Crippen LogP contribution in [0.1, 0.15) is 24.3 Å². The molecule has 2 aromatic rings. The van der Waals surface area contributed by atoms with Gasteiger partial charge in [-0.25, -0.2) is 4.79 Å². The van der Waals surface area contributed by atoms with Crippen molar-refractivity contribution in [2.75, 3.05) is 0 Å². The molecule has 4 rings (SSSR count). The first-order valence-electron chi connectivity index (χ1n) is 5.90. The van der Waals surface area contributed by atoms with Gasteiger partial charge in [-0.2, -0.15) is 0 Å². The van der Waals surface area contributed by atoms with Crippen LogP contribution in [0.2, 0.25) is 0 Å². The van der Waals surface area contributed by atoms with Gasteiger partial charge in [-0.05, 0) is 25.0 Å². The molecule has 17 heavy (non-hydrogen) atoms. The summed E-state index contributed by atoms with van der Waals surface area (Å²) in [4.78, 5) is 12.0. The quantitative estimate of drug-likeness (QED) is 0.649. The largest absolute Gasteiger partial charge is 0.488 e. The van der Waals surface area contributed by atoms with Crippen molar-refractivity contribution in [1.82, 2.24) is 0 Å². The highest BCUT2D eigenvalue weighted by molar-refractivity contribution is 5.85. The molecule has 1 aromatic carbocycles. The van der Waals surface area contributed by atoms with E-state index in [-0.39, 0.29) is 17.6 Å². The zero-order chi connectivity index (χ0) is 11.4. The van der Waals surface area contributed by atoms with Crippen LogP contribution in [0.4, 0.5) is 0 Å². The van der Waals surface area contributed by atoms with Gasteiger partial charge >= 0.3 is 5.63 Å². The molecule has 3 heteroatoms. The van der Waals surface area contributed by atoms with Crippen LogP contribution in [0.5, 0.6) is 5.75 Å². The van der Waals surface area contributed by atoms with Crippen molar-refractivity contribution in [3.8, 4) is 5.75 Å². The molecule has 1 saturated carbocycles. The Morgan fingerprint density at radius 1 is 1.24 bits per heavy atom. The fraction of sp³-hybridized carbons (Fsp3) is 0.286. The molecule has 2 heterocycles. The lowest BCUT2D eigenvalue weighted by molar-refractivity contribution is 0.260. The smallest absolute Gasteiger partial charge is 0.343 e. The fourth-order valence-corrected chi connectivity index (χ4v) is 2.93. The number of rotatable bonds is 0. The second-order valence-electron chi connectivity index (χ2n) is 4.63. The molecule has 85 valence electrons. The Balaban J connectivity index is 2.08. The SMILES string of the molecule is O=c1oc2ccccc2c2c1C1CC[CH]C1O2. The third-order valence-corrected chi connectivity index (χ3v) is 3.70. The maximum Gasteiger partial charge on any atom is 0.343 e. The molecule has 0 amide bonds. The van der Waals surface area contributed by atoms with Crippen LogP contribution in [-0.2, 0) is 0 Å². The molecule has 1 aromatic heterocycles. The lowest BCUT2D eigenvalue weighted by Crippen LogP contribution is -2.14. The molecule has 0 bridgehead atoms. The summed E-state index contributed by atoms with van der Waals surface area (Å²) in [7, 11) is 0. The monoisotopic (exact) mass is 227 g/mol. The minimum absolute atomic E-state index is 0.0682. The van der Waals surface area contributed by atoms with Crippen LogP contribution in [-0.4, -0.2) is 6.10 Å². The van der Waals surface area contributed by atoms with E-state index in [1.165, 1.54) is 0 Å². The van der Waals surface area contributed by atoms with Gasteiger partial charge in [0.1, 0.15) is 17.4 Å². The minimum atomic E-state index is -0.235. The summed E-state index contributed by atoms with van der Waals surface area (Å²) in [5, 5.41) is 0.907. The topological polar surface area (TPSA) is 39.4 Å². The molecule has 2 atom stereocenters. The third-order valence-electron chi connectivity index (χ3n) is 3.70. The Bertz CT molecular complexity index is 656. The van der Waals surface area contributed by atoms with Crippen molar-refractivity contribution < 1.29 is 9.15 Å². The third kappa shape index (κ3) is 1.14. The maximum absolute atomic E-state index is 12.0. The molecule has 1 aliphatic carbocycles. The molecular formula is C14H11O3. The molecule has 1 aliphatic heterocycles. The van der Waals surface area contributed by atoms with Crippen molar-refractivity contribution in [2.45, 2.75) is 24.9 Å². The van der Waals surface area contributed by atoms with E-state index in [1.807, 2.05) is 18.2 Å². The average molecular weight is 227 g/mol. The highest BCUT2D eigenvalue weighted by Crippen LogP contribution is 2.47. The fourth-order valence-electron chi connectivity index (χ4n) is 2.93. The van der Waals surface area contributed by atoms with E-state index in [4.69, 9.17) is 9.15 Å². The number of benzene rings is 1. The Labute approximate surface area is 98.0 Å². The van der Waals surface area contributed by atoms with Gasteiger partial charge in [0.2, 0.25) is 0 Å². The van der Waals surface area contributed by atoms with E-state index < -0.39 is 0 Å². The molecule has 0 saturated heterocycles. The van der Waals surface area contributed by atoms with Gasteiger partial charge in [-0.1, -0.05) is 12.1 Å². The van der Waals surface area contributed by atoms with E-state index in [1.54, 1.807) is 6.07 Å². The van der Waals surface area contributed by atoms with Crippen molar-refractivity contribution in [3.63, 3.8) is 0 Å². The standard InChI is InChI=1S/C14H11O3/c15-14-12-8-5-3-7-10(8)16-13(12)9-4-1-2-6-11(9)17-14/h1-2,4,6-8,10H,3,5H2. The summed E-state index contributed by atoms with van der Waals surface area (Å²) in [5.41, 5.74) is 1.11. The zero-order valence-corrected chi connectivity index (χ0v) is 9.18. The molecule has 1 fully saturated rings. The van der Waals surface area contributed by atoms with Gasteiger partial charge < -0.3 is 9.15 Å². The molecule has 0 spiro atoms. The van der Waals surface area contributed by atoms with Crippen LogP contribution >= 0.6 is 0 Å². The maximum atomic E-state index is 12.0. The summed E-state index contributed by atoms with van der Waals surface area (Å²) in [5.74, 6) is 0.939. The minimum Gasteiger partial charge on any atom is -0.488 e. The van der Waals surface area contributed by atoms with Crippen molar-refractivity contribution in [1.29, 1.82) is 0 Å². The van der Waals surface area contributed by atoms with E-state index in [0.717, 1.165) is 29.5 Å². The number of ether oxygens (including phenoxy) is 1. The summed E-state index contributed by atoms with van der Waals surface area (Å²) in [6, 6.07) is 7.54. The van der Waals surface area contributed by atoms with Gasteiger partial charge in [0.25, 0.3) is 0 Å². The summed E-state index contributed by atoms with van der Waals surface area (Å²) < 4.78 is 11.3. The van der Waals surface area contributed by atoms with Crippen LogP contribution in [0.15, 0.2) is 33.5 Å². The average Bonchev–Trinajstić information content (AvgIpc) is 2.88. The normalized spacial score (nSPS) is 25.6. The highest BCUT2D eigenvalue weighted by atomic mass is 16.5. The number of hydrogen-bond donors (Lipinski definition) is 0. The Morgan fingerprint density at radius 2 is 2.12 bits per heavy atom. The van der Waals surface area contributed by atoms with Gasteiger partial charge in [0.15, 0.2) is 0 Å². The molecular weight excluding hydrogens is 216 g/mol. The Hall–Kier alpha value is -1.77. The predicted octanol–water partition coefficient (Wildman–Crippen LogP) is 2.64. The van der Waals surface area contributed by atoms with E-state index in [2.05, 4.69) is 6.42 Å². The highest BCUT2D eigenvalue weighted by Gasteiger charge is 2.41. The van der Waals surface area contributed by atoms with Gasteiger partial charge in [-0.3, -0.25) is 0 Å². The number of fused-ring (bicyclic) bond motifs is 5. The van der Waals surface area contributed by atoms with Gasteiger partial charge in [-0.15, -0.1) is 0 Å². The second kappa shape index (κ2) is 3.13. The predicted molar refractivity (Wildman–Crippen MR) is 63.2 cm³/mol. The van der Waals surface area contributed by atoms with Crippen LogP contribution in [0, 0.1) is 6.42 Å². The summed E-state index contributed by atoms with van der Waals surface area (Å²) in [6.07, 6.45) is 4.22. The van der Waals surface area contributed by atoms with Crippen molar-refractivity contribution in [3.05, 3.63) is 46.7 Å². The van der Waals surface area contributed by atoms with Crippen LogP contribution in [0.3, 0.4) is 0 Å². The first-order valence-corrected chi connectivity index (χ1v) is 5.90. The van der Waals surface area contributed by atoms with E-state index >= 15 is 0 Å². The number of para-hydroxylation sites is 1. The Morgan fingerprint density at radius 3 is 3.06 bits per heavy atom. The lowest BCUT2D eigenvalue weighted by Gasteiger charge is -2.07. The van der Waals surface area contributed by atoms with E-state index in [0.29, 0.717) is 5.58 Å². The first kappa shape index (κ1) is 9.28. The summed E-state index contributed by atoms with van der Waals surface area (Å²) >= 11 is 0. The molecule has 0 N–H and O–H groups in total. The zero-order valence-electron chi connectivity index (χ0n) is 9.18. The van der Waals surface area contributed by atoms with Gasteiger partial charge in [0.05, 0.1) is 10.9 Å². The molecule has 1 radical (unpaired) electrons. The lowest BCUT2D eigenvalue weighted by atomic mass is 9.98. The molecule has 2 aliphatic rings.